The van der Waals surface area contributed by atoms with E-state index in [-0.39, 0.29) is 24.9 Å². The molecule has 0 radical (unpaired) electrons. The molecule has 8 heteroatoms. The highest BCUT2D eigenvalue weighted by atomic mass is 35.5. The fourth-order valence-electron chi connectivity index (χ4n) is 2.50. The zero-order valence-corrected chi connectivity index (χ0v) is 16.7. The molecule has 0 saturated carbocycles. The van der Waals surface area contributed by atoms with E-state index in [0.717, 1.165) is 22.4 Å². The summed E-state index contributed by atoms with van der Waals surface area (Å²) in [4.78, 5) is 17.4. The molecule has 0 spiro atoms. The first-order valence-corrected chi connectivity index (χ1v) is 8.71. The largest absolute Gasteiger partial charge is 0.492 e. The first-order chi connectivity index (χ1) is 13.2. The Morgan fingerprint density at radius 1 is 1.18 bits per heavy atom. The van der Waals surface area contributed by atoms with Crippen LogP contribution in [0.4, 0.5) is 6.01 Å². The number of carbonyl (C=O) groups is 1. The molecule has 3 aromatic rings. The minimum absolute atomic E-state index is 0. The van der Waals surface area contributed by atoms with Crippen molar-refractivity contribution in [2.45, 2.75) is 6.54 Å². The van der Waals surface area contributed by atoms with E-state index in [1.807, 2.05) is 60.5 Å². The highest BCUT2D eigenvalue weighted by molar-refractivity contribution is 5.85. The van der Waals surface area contributed by atoms with Crippen molar-refractivity contribution in [1.29, 1.82) is 0 Å². The van der Waals surface area contributed by atoms with Gasteiger partial charge in [-0.05, 0) is 29.8 Å². The number of esters is 1. The lowest BCUT2D eigenvalue weighted by molar-refractivity contribution is -0.139. The molecule has 0 aliphatic carbocycles. The average Bonchev–Trinajstić information content (AvgIpc) is 3.13. The number of carbonyl (C=O) groups excluding carboxylic acids is 1. The predicted octanol–water partition coefficient (Wildman–Crippen LogP) is 3.03. The van der Waals surface area contributed by atoms with Crippen LogP contribution in [0.3, 0.4) is 0 Å². The maximum atomic E-state index is 11.1. The second-order valence-corrected chi connectivity index (χ2v) is 6.06. The van der Waals surface area contributed by atoms with Crippen LogP contribution >= 0.6 is 12.4 Å². The number of methoxy groups -OCH3 is 1. The van der Waals surface area contributed by atoms with Crippen molar-refractivity contribution in [3.63, 3.8) is 0 Å². The van der Waals surface area contributed by atoms with Gasteiger partial charge in [-0.15, -0.1) is 12.4 Å². The maximum Gasteiger partial charge on any atom is 0.319 e. The highest BCUT2D eigenvalue weighted by Gasteiger charge is 2.09. The molecule has 7 nitrogen and oxygen atoms in total. The molecule has 0 atom stereocenters. The third kappa shape index (κ3) is 5.87. The zero-order chi connectivity index (χ0) is 19.1. The Morgan fingerprint density at radius 3 is 2.64 bits per heavy atom. The number of likely N-dealkylation sites (N-methyl/N-ethyl adjacent to an activating group) is 1. The van der Waals surface area contributed by atoms with Gasteiger partial charge >= 0.3 is 5.97 Å². The number of nitrogens with zero attached hydrogens (tertiary/aromatic N) is 2. The van der Waals surface area contributed by atoms with Crippen LogP contribution in [-0.2, 0) is 16.1 Å². The number of halogens is 1. The second kappa shape index (κ2) is 10.5. The summed E-state index contributed by atoms with van der Waals surface area (Å²) in [6.07, 6.45) is 0. The zero-order valence-electron chi connectivity index (χ0n) is 15.9. The van der Waals surface area contributed by atoms with Gasteiger partial charge in [-0.1, -0.05) is 24.3 Å². The SMILES string of the molecule is COC(=O)CNCc1ccc(OCCN(C)c2nc3ccccc3o2)cc1.Cl. The van der Waals surface area contributed by atoms with Crippen molar-refractivity contribution in [3.8, 4) is 5.75 Å². The summed E-state index contributed by atoms with van der Waals surface area (Å²) in [6, 6.07) is 16.0. The number of fused-ring (bicyclic) bond motifs is 1. The fraction of sp³-hybridized carbons (Fsp3) is 0.300. The predicted molar refractivity (Wildman–Crippen MR) is 110 cm³/mol. The maximum absolute atomic E-state index is 11.1. The van der Waals surface area contributed by atoms with Crippen LogP contribution in [0.2, 0.25) is 0 Å². The van der Waals surface area contributed by atoms with Crippen LogP contribution in [0.25, 0.3) is 11.1 Å². The average molecular weight is 406 g/mol. The first-order valence-electron chi connectivity index (χ1n) is 8.71. The number of ether oxygens (including phenoxy) is 2. The van der Waals surface area contributed by atoms with E-state index in [4.69, 9.17) is 9.15 Å². The lowest BCUT2D eigenvalue weighted by Crippen LogP contribution is -2.24. The number of oxazole rings is 1. The van der Waals surface area contributed by atoms with Crippen LogP contribution in [0.1, 0.15) is 5.56 Å². The van der Waals surface area contributed by atoms with Gasteiger partial charge in [0, 0.05) is 13.6 Å². The molecular weight excluding hydrogens is 382 g/mol. The van der Waals surface area contributed by atoms with Gasteiger partial charge in [0.05, 0.1) is 20.2 Å². The third-order valence-corrected chi connectivity index (χ3v) is 4.05. The van der Waals surface area contributed by atoms with Crippen molar-refractivity contribution < 1.29 is 18.7 Å². The topological polar surface area (TPSA) is 76.8 Å². The van der Waals surface area contributed by atoms with Gasteiger partial charge in [-0.3, -0.25) is 4.79 Å². The molecule has 150 valence electrons. The van der Waals surface area contributed by atoms with Crippen LogP contribution in [0, 0.1) is 0 Å². The molecular formula is C20H24ClN3O4. The van der Waals surface area contributed by atoms with Crippen molar-refractivity contribution in [2.24, 2.45) is 0 Å². The smallest absolute Gasteiger partial charge is 0.319 e. The van der Waals surface area contributed by atoms with Gasteiger partial charge in [0.25, 0.3) is 6.01 Å². The molecule has 0 bridgehead atoms. The normalized spacial score (nSPS) is 10.4. The molecule has 3 rings (SSSR count). The minimum Gasteiger partial charge on any atom is -0.492 e. The molecule has 1 heterocycles. The quantitative estimate of drug-likeness (QED) is 0.548. The Bertz CT molecular complexity index is 850. The first kappa shape index (κ1) is 21.5. The number of para-hydroxylation sites is 2. The Labute approximate surface area is 170 Å². The van der Waals surface area contributed by atoms with Crippen LogP contribution in [0.5, 0.6) is 5.75 Å². The van der Waals surface area contributed by atoms with Crippen molar-refractivity contribution in [1.82, 2.24) is 10.3 Å². The van der Waals surface area contributed by atoms with Crippen LogP contribution < -0.4 is 15.0 Å². The summed E-state index contributed by atoms with van der Waals surface area (Å²) in [5, 5.41) is 3.02. The number of rotatable bonds is 9. The van der Waals surface area contributed by atoms with Gasteiger partial charge in [-0.25, -0.2) is 0 Å². The van der Waals surface area contributed by atoms with Crippen LogP contribution in [-0.4, -0.2) is 44.8 Å². The summed E-state index contributed by atoms with van der Waals surface area (Å²) < 4.78 is 16.1. The van der Waals surface area contributed by atoms with E-state index in [2.05, 4.69) is 15.0 Å². The third-order valence-electron chi connectivity index (χ3n) is 4.05. The van der Waals surface area contributed by atoms with Gasteiger partial charge in [0.1, 0.15) is 17.9 Å². The molecule has 0 aliphatic heterocycles. The number of aromatic nitrogens is 1. The van der Waals surface area contributed by atoms with E-state index in [9.17, 15) is 4.79 Å². The van der Waals surface area contributed by atoms with Gasteiger partial charge in [-0.2, -0.15) is 4.98 Å². The van der Waals surface area contributed by atoms with Crippen LogP contribution in [0.15, 0.2) is 52.9 Å². The molecule has 0 unspecified atom stereocenters. The molecule has 1 N–H and O–H groups in total. The van der Waals surface area contributed by atoms with Crippen molar-refractivity contribution >= 4 is 35.5 Å². The Morgan fingerprint density at radius 2 is 1.93 bits per heavy atom. The fourth-order valence-corrected chi connectivity index (χ4v) is 2.50. The monoisotopic (exact) mass is 405 g/mol. The van der Waals surface area contributed by atoms with E-state index < -0.39 is 0 Å². The standard InChI is InChI=1S/C20H23N3O4.ClH/c1-23(20-22-17-5-3-4-6-18(17)27-20)11-12-26-16-9-7-15(8-10-16)13-21-14-19(24)25-2;/h3-10,21H,11-14H2,1-2H3;1H. The second-order valence-electron chi connectivity index (χ2n) is 6.06. The molecule has 1 aromatic heterocycles. The Balaban J connectivity index is 0.00000280. The summed E-state index contributed by atoms with van der Waals surface area (Å²) >= 11 is 0. The Kier molecular flexibility index (Phi) is 8.10. The van der Waals surface area contributed by atoms with E-state index >= 15 is 0 Å². The van der Waals surface area contributed by atoms with Gasteiger partial charge in [0.2, 0.25) is 0 Å². The molecule has 0 aliphatic rings. The summed E-state index contributed by atoms with van der Waals surface area (Å²) in [5.74, 6) is 0.510. The van der Waals surface area contributed by atoms with Crippen molar-refractivity contribution in [3.05, 3.63) is 54.1 Å². The number of anilines is 1. The summed E-state index contributed by atoms with van der Waals surface area (Å²) in [5.41, 5.74) is 2.68. The molecule has 28 heavy (non-hydrogen) atoms. The van der Waals surface area contributed by atoms with Crippen molar-refractivity contribution in [2.75, 3.05) is 38.8 Å². The lowest BCUT2D eigenvalue weighted by Gasteiger charge is -2.15. The lowest BCUT2D eigenvalue weighted by atomic mass is 10.2. The van der Waals surface area contributed by atoms with E-state index in [0.29, 0.717) is 25.7 Å². The van der Waals surface area contributed by atoms with E-state index in [1.54, 1.807) is 0 Å². The minimum atomic E-state index is -0.280. The molecule has 0 amide bonds. The summed E-state index contributed by atoms with van der Waals surface area (Å²) in [7, 11) is 3.29. The summed E-state index contributed by atoms with van der Waals surface area (Å²) in [6.45, 7) is 1.94. The number of benzene rings is 2. The number of nitrogens with one attached hydrogen (secondary N) is 1. The Hall–Kier alpha value is -2.77. The molecule has 0 fully saturated rings. The molecule has 2 aromatic carbocycles. The van der Waals surface area contributed by atoms with Gasteiger partial charge < -0.3 is 24.1 Å². The number of hydrogen-bond donors (Lipinski definition) is 1. The molecule has 0 saturated heterocycles. The van der Waals surface area contributed by atoms with E-state index in [1.165, 1.54) is 7.11 Å². The number of hydrogen-bond acceptors (Lipinski definition) is 7. The van der Waals surface area contributed by atoms with Gasteiger partial charge in [0.15, 0.2) is 5.58 Å². The highest BCUT2D eigenvalue weighted by Crippen LogP contribution is 2.20.